The van der Waals surface area contributed by atoms with Crippen LogP contribution in [0.3, 0.4) is 0 Å². The maximum absolute atomic E-state index is 14.8. The van der Waals surface area contributed by atoms with E-state index >= 15 is 0 Å². The minimum Gasteiger partial charge on any atom is -0.342 e. The van der Waals surface area contributed by atoms with Crippen LogP contribution in [0, 0.1) is 5.95 Å². The zero-order valence-corrected chi connectivity index (χ0v) is 20.1. The lowest BCUT2D eigenvalue weighted by atomic mass is 9.98. The fourth-order valence-electron chi connectivity index (χ4n) is 4.40. The summed E-state index contributed by atoms with van der Waals surface area (Å²) in [5.74, 6) is -1.66. The first-order valence-corrected chi connectivity index (χ1v) is 11.8. The summed E-state index contributed by atoms with van der Waals surface area (Å²) in [5.41, 5.74) is 8.47. The molecule has 0 saturated carbocycles. The lowest BCUT2D eigenvalue weighted by Gasteiger charge is -2.27. The van der Waals surface area contributed by atoms with Gasteiger partial charge in [-0.25, -0.2) is 9.37 Å². The zero-order chi connectivity index (χ0) is 25.8. The molecule has 1 aromatic carbocycles. The topological polar surface area (TPSA) is 130 Å². The van der Waals surface area contributed by atoms with Crippen molar-refractivity contribution in [3.05, 3.63) is 76.6 Å². The van der Waals surface area contributed by atoms with E-state index in [1.807, 2.05) is 26.0 Å². The number of nitrogens with two attached hydrogens (primary N) is 1. The fraction of sp³-hybridized carbons (Fsp3) is 0.400. The number of benzene rings is 1. The number of aromatic amines is 1. The molecule has 11 heteroatoms. The van der Waals surface area contributed by atoms with E-state index in [2.05, 4.69) is 25.7 Å². The highest BCUT2D eigenvalue weighted by molar-refractivity contribution is 5.89. The van der Waals surface area contributed by atoms with Crippen LogP contribution >= 0.6 is 0 Å². The number of amides is 2. The Bertz CT molecular complexity index is 1220. The quantitative estimate of drug-likeness (QED) is 0.410. The van der Waals surface area contributed by atoms with Crippen molar-refractivity contribution in [2.75, 3.05) is 6.54 Å². The number of nitrogens with one attached hydrogen (secondary N) is 2. The molecule has 0 spiro atoms. The Kier molecular flexibility index (Phi) is 7.68. The van der Waals surface area contributed by atoms with E-state index in [0.29, 0.717) is 16.8 Å². The molecule has 4 N–H and O–H groups in total. The van der Waals surface area contributed by atoms with Crippen molar-refractivity contribution in [1.82, 2.24) is 30.6 Å². The van der Waals surface area contributed by atoms with Crippen LogP contribution in [0.1, 0.15) is 60.3 Å². The van der Waals surface area contributed by atoms with E-state index in [1.54, 1.807) is 24.3 Å². The van der Waals surface area contributed by atoms with Gasteiger partial charge in [0.15, 0.2) is 0 Å². The molecule has 0 bridgehead atoms. The Hall–Kier alpha value is -3.73. The van der Waals surface area contributed by atoms with E-state index in [-0.39, 0.29) is 37.5 Å². The summed E-state index contributed by atoms with van der Waals surface area (Å²) in [7, 11) is 0. The number of H-pyrrole nitrogens is 1. The number of hydrogen-bond acceptors (Lipinski definition) is 6. The lowest BCUT2D eigenvalue weighted by Crippen LogP contribution is -2.47. The van der Waals surface area contributed by atoms with Gasteiger partial charge < -0.3 is 16.0 Å². The average Bonchev–Trinajstić information content (AvgIpc) is 3.51. The van der Waals surface area contributed by atoms with Crippen LogP contribution in [-0.2, 0) is 22.6 Å². The third-order valence-corrected chi connectivity index (χ3v) is 6.30. The Morgan fingerprint density at radius 1 is 1.28 bits per heavy atom. The standard InChI is InChI=1S/C25H29F2N7O2/c1-14(2)19-6-7-20(30-24(19)27)23(16-5-3-4-15(8-16)11-28)31-25(36)21-9-17(26)13-34(21)22(35)10-18-12-29-33-32-18/h3-8,12,14,17,21,23H,9-11,13,28H2,1-2H3,(H,31,36)(H,29,32,33)/t17-,21+,23?/m1/s1. The molecule has 1 aliphatic heterocycles. The van der Waals surface area contributed by atoms with Crippen LogP contribution in [0.25, 0.3) is 0 Å². The van der Waals surface area contributed by atoms with Crippen molar-refractivity contribution < 1.29 is 18.4 Å². The van der Waals surface area contributed by atoms with Crippen molar-refractivity contribution in [2.45, 2.75) is 57.4 Å². The molecule has 4 rings (SSSR count). The van der Waals surface area contributed by atoms with Gasteiger partial charge in [0, 0.05) is 18.5 Å². The monoisotopic (exact) mass is 497 g/mol. The SMILES string of the molecule is CC(C)c1ccc(C(NC(=O)[C@@H]2C[C@@H](F)CN2C(=O)Cc2cnn[nH]2)c2cccc(CN)c2)nc1F. The van der Waals surface area contributed by atoms with Crippen LogP contribution in [0.5, 0.6) is 0 Å². The number of rotatable bonds is 8. The average molecular weight is 498 g/mol. The third kappa shape index (κ3) is 5.56. The summed E-state index contributed by atoms with van der Waals surface area (Å²) in [6, 6.07) is 8.68. The molecule has 0 radical (unpaired) electrons. The zero-order valence-electron chi connectivity index (χ0n) is 20.1. The predicted octanol–water partition coefficient (Wildman–Crippen LogP) is 2.31. The Morgan fingerprint density at radius 2 is 2.08 bits per heavy atom. The van der Waals surface area contributed by atoms with Gasteiger partial charge >= 0.3 is 0 Å². The van der Waals surface area contributed by atoms with E-state index in [1.165, 1.54) is 11.1 Å². The molecule has 1 saturated heterocycles. The molecule has 1 unspecified atom stereocenters. The molecule has 2 amide bonds. The van der Waals surface area contributed by atoms with Crippen LogP contribution < -0.4 is 11.1 Å². The number of halogens is 2. The Labute approximate surface area is 207 Å². The maximum Gasteiger partial charge on any atom is 0.243 e. The molecule has 9 nitrogen and oxygen atoms in total. The highest BCUT2D eigenvalue weighted by Crippen LogP contribution is 2.27. The smallest absolute Gasteiger partial charge is 0.243 e. The van der Waals surface area contributed by atoms with Crippen molar-refractivity contribution in [3.63, 3.8) is 0 Å². The molecule has 3 atom stereocenters. The highest BCUT2D eigenvalue weighted by Gasteiger charge is 2.40. The van der Waals surface area contributed by atoms with Gasteiger partial charge in [-0.2, -0.15) is 4.39 Å². The lowest BCUT2D eigenvalue weighted by molar-refractivity contribution is -0.138. The summed E-state index contributed by atoms with van der Waals surface area (Å²) in [6.07, 6.45) is -0.168. The Balaban J connectivity index is 1.62. The van der Waals surface area contributed by atoms with Gasteiger partial charge in [-0.15, -0.1) is 5.10 Å². The molecule has 1 aliphatic rings. The second-order valence-corrected chi connectivity index (χ2v) is 9.21. The minimum absolute atomic E-state index is 0.0650. The second-order valence-electron chi connectivity index (χ2n) is 9.21. The van der Waals surface area contributed by atoms with Crippen LogP contribution in [0.2, 0.25) is 0 Å². The summed E-state index contributed by atoms with van der Waals surface area (Å²) < 4.78 is 29.2. The van der Waals surface area contributed by atoms with Crippen LogP contribution in [0.15, 0.2) is 42.6 Å². The largest absolute Gasteiger partial charge is 0.342 e. The third-order valence-electron chi connectivity index (χ3n) is 6.30. The van der Waals surface area contributed by atoms with E-state index in [0.717, 1.165) is 5.56 Å². The number of carbonyl (C=O) groups excluding carboxylic acids is 2. The van der Waals surface area contributed by atoms with Gasteiger partial charge in [0.25, 0.3) is 0 Å². The normalized spacial score (nSPS) is 18.4. The number of alkyl halides is 1. The second kappa shape index (κ2) is 10.9. The molecule has 36 heavy (non-hydrogen) atoms. The summed E-state index contributed by atoms with van der Waals surface area (Å²) in [5, 5.41) is 12.7. The summed E-state index contributed by atoms with van der Waals surface area (Å²) in [4.78, 5) is 31.7. The molecular formula is C25H29F2N7O2. The van der Waals surface area contributed by atoms with Gasteiger partial charge in [-0.1, -0.05) is 49.4 Å². The van der Waals surface area contributed by atoms with E-state index in [9.17, 15) is 18.4 Å². The van der Waals surface area contributed by atoms with Crippen molar-refractivity contribution in [1.29, 1.82) is 0 Å². The molecule has 1 fully saturated rings. The highest BCUT2D eigenvalue weighted by atomic mass is 19.1. The number of likely N-dealkylation sites (tertiary alicyclic amines) is 1. The summed E-state index contributed by atoms with van der Waals surface area (Å²) >= 11 is 0. The number of pyridine rings is 1. The minimum atomic E-state index is -1.34. The first-order chi connectivity index (χ1) is 17.3. The number of nitrogens with zero attached hydrogens (tertiary/aromatic N) is 4. The van der Waals surface area contributed by atoms with Gasteiger partial charge in [0.1, 0.15) is 12.2 Å². The van der Waals surface area contributed by atoms with Crippen molar-refractivity contribution >= 4 is 11.8 Å². The predicted molar refractivity (Wildman–Crippen MR) is 128 cm³/mol. The number of carbonyl (C=O) groups is 2. The first-order valence-electron chi connectivity index (χ1n) is 11.8. The number of hydrogen-bond donors (Lipinski definition) is 3. The van der Waals surface area contributed by atoms with E-state index in [4.69, 9.17) is 5.73 Å². The summed E-state index contributed by atoms with van der Waals surface area (Å²) in [6.45, 7) is 3.81. The molecule has 190 valence electrons. The molecule has 0 aliphatic carbocycles. The maximum atomic E-state index is 14.8. The van der Waals surface area contributed by atoms with Crippen molar-refractivity contribution in [2.24, 2.45) is 5.73 Å². The molecule has 3 heterocycles. The molecule has 2 aromatic heterocycles. The van der Waals surface area contributed by atoms with Gasteiger partial charge in [-0.05, 0) is 23.1 Å². The van der Waals surface area contributed by atoms with Crippen molar-refractivity contribution in [3.8, 4) is 0 Å². The number of aromatic nitrogens is 4. The van der Waals surface area contributed by atoms with Crippen LogP contribution in [-0.4, -0.2) is 55.9 Å². The van der Waals surface area contributed by atoms with Gasteiger partial charge in [0.05, 0.1) is 36.6 Å². The fourth-order valence-corrected chi connectivity index (χ4v) is 4.40. The van der Waals surface area contributed by atoms with Gasteiger partial charge in [0.2, 0.25) is 17.8 Å². The first kappa shape index (κ1) is 25.4. The van der Waals surface area contributed by atoms with E-state index < -0.39 is 36.0 Å². The molecular weight excluding hydrogens is 468 g/mol. The van der Waals surface area contributed by atoms with Gasteiger partial charge in [-0.3, -0.25) is 14.7 Å². The Morgan fingerprint density at radius 3 is 2.75 bits per heavy atom. The van der Waals surface area contributed by atoms with Crippen LogP contribution in [0.4, 0.5) is 8.78 Å². The molecule has 3 aromatic rings.